The summed E-state index contributed by atoms with van der Waals surface area (Å²) in [4.78, 5) is 24.5. The average Bonchev–Trinajstić information content (AvgIpc) is 2.85. The highest BCUT2D eigenvalue weighted by Crippen LogP contribution is 2.28. The molecular formula is C26H27ClN4O5S. The van der Waals surface area contributed by atoms with Crippen molar-refractivity contribution in [3.8, 4) is 5.75 Å². The fourth-order valence-electron chi connectivity index (χ4n) is 3.22. The van der Waals surface area contributed by atoms with Crippen LogP contribution in [0, 0.1) is 13.8 Å². The molecule has 0 radical (unpaired) electrons. The van der Waals surface area contributed by atoms with Crippen molar-refractivity contribution in [1.29, 1.82) is 0 Å². The Bertz CT molecular complexity index is 1390. The van der Waals surface area contributed by atoms with E-state index in [1.807, 2.05) is 31.2 Å². The third-order valence-electron chi connectivity index (χ3n) is 5.18. The molecule has 194 valence electrons. The van der Waals surface area contributed by atoms with Crippen molar-refractivity contribution >= 4 is 51.0 Å². The molecule has 3 aromatic carbocycles. The Morgan fingerprint density at radius 3 is 2.32 bits per heavy atom. The molecule has 0 aliphatic heterocycles. The molecule has 0 atom stereocenters. The van der Waals surface area contributed by atoms with Gasteiger partial charge in [-0.25, -0.2) is 13.8 Å². The lowest BCUT2D eigenvalue weighted by atomic mass is 10.2. The number of aryl methyl sites for hydroxylation is 1. The molecule has 0 spiro atoms. The number of benzene rings is 3. The SMILES string of the molecule is Cc1ccc(NC(=O)COc2ccc(/C=N\NC(=O)CN(c3cccc(Cl)c3C)S(C)(=O)=O)cc2)cc1. The van der Waals surface area contributed by atoms with Crippen LogP contribution in [0.15, 0.2) is 71.8 Å². The minimum atomic E-state index is -3.75. The largest absolute Gasteiger partial charge is 0.484 e. The Morgan fingerprint density at radius 2 is 1.68 bits per heavy atom. The van der Waals surface area contributed by atoms with Gasteiger partial charge in [0.05, 0.1) is 18.2 Å². The minimum Gasteiger partial charge on any atom is -0.484 e. The van der Waals surface area contributed by atoms with Crippen molar-refractivity contribution in [3.05, 3.63) is 88.4 Å². The zero-order valence-electron chi connectivity index (χ0n) is 20.6. The highest BCUT2D eigenvalue weighted by Gasteiger charge is 2.23. The molecule has 0 heterocycles. The van der Waals surface area contributed by atoms with E-state index in [0.717, 1.165) is 16.1 Å². The van der Waals surface area contributed by atoms with Gasteiger partial charge in [-0.3, -0.25) is 13.9 Å². The van der Waals surface area contributed by atoms with Gasteiger partial charge in [0.1, 0.15) is 12.3 Å². The Hall–Kier alpha value is -3.89. The molecule has 0 unspecified atom stereocenters. The molecule has 9 nitrogen and oxygen atoms in total. The predicted octanol–water partition coefficient (Wildman–Crippen LogP) is 3.89. The fourth-order valence-corrected chi connectivity index (χ4v) is 4.30. The number of hydrogen-bond acceptors (Lipinski definition) is 6. The number of halogens is 1. The van der Waals surface area contributed by atoms with Crippen LogP contribution in [-0.4, -0.2) is 45.9 Å². The standard InChI is InChI=1S/C26H27ClN4O5S/c1-18-7-11-21(12-8-18)29-26(33)17-36-22-13-9-20(10-14-22)15-28-30-25(32)16-31(37(3,34)35)24-6-4-5-23(27)19(24)2/h4-15H,16-17H2,1-3H3,(H,29,33)(H,30,32)/b28-15-. The number of carbonyl (C=O) groups excluding carboxylic acids is 2. The molecule has 2 amide bonds. The molecular weight excluding hydrogens is 516 g/mol. The normalized spacial score (nSPS) is 11.2. The highest BCUT2D eigenvalue weighted by molar-refractivity contribution is 7.92. The van der Waals surface area contributed by atoms with Gasteiger partial charge in [-0.05, 0) is 73.5 Å². The van der Waals surface area contributed by atoms with Gasteiger partial charge in [-0.15, -0.1) is 0 Å². The molecule has 0 fully saturated rings. The summed E-state index contributed by atoms with van der Waals surface area (Å²) in [6.07, 6.45) is 2.42. The topological polar surface area (TPSA) is 117 Å². The first-order chi connectivity index (χ1) is 17.5. The second-order valence-corrected chi connectivity index (χ2v) is 10.5. The second-order valence-electron chi connectivity index (χ2n) is 8.22. The first-order valence-corrected chi connectivity index (χ1v) is 13.4. The van der Waals surface area contributed by atoms with E-state index in [9.17, 15) is 18.0 Å². The van der Waals surface area contributed by atoms with Gasteiger partial charge < -0.3 is 10.1 Å². The Balaban J connectivity index is 1.51. The quantitative estimate of drug-likeness (QED) is 0.298. The number of sulfonamides is 1. The van der Waals surface area contributed by atoms with E-state index in [4.69, 9.17) is 16.3 Å². The maximum absolute atomic E-state index is 12.4. The monoisotopic (exact) mass is 542 g/mol. The average molecular weight is 543 g/mol. The Kier molecular flexibility index (Phi) is 9.26. The van der Waals surface area contributed by atoms with Gasteiger partial charge in [-0.1, -0.05) is 35.4 Å². The zero-order valence-corrected chi connectivity index (χ0v) is 22.1. The summed E-state index contributed by atoms with van der Waals surface area (Å²) in [6.45, 7) is 3.03. The molecule has 0 saturated carbocycles. The molecule has 0 saturated heterocycles. The summed E-state index contributed by atoms with van der Waals surface area (Å²) in [7, 11) is -3.75. The van der Waals surface area contributed by atoms with E-state index in [1.165, 1.54) is 6.21 Å². The number of nitrogens with one attached hydrogen (secondary N) is 2. The van der Waals surface area contributed by atoms with Crippen molar-refractivity contribution < 1.29 is 22.7 Å². The fraction of sp³-hybridized carbons (Fsp3) is 0.192. The summed E-state index contributed by atoms with van der Waals surface area (Å²) in [5, 5.41) is 7.04. The lowest BCUT2D eigenvalue weighted by Crippen LogP contribution is -2.39. The number of rotatable bonds is 10. The number of anilines is 2. The highest BCUT2D eigenvalue weighted by atomic mass is 35.5. The summed E-state index contributed by atoms with van der Waals surface area (Å²) in [5.74, 6) is -0.421. The number of amides is 2. The first kappa shape index (κ1) is 27.7. The molecule has 0 aliphatic carbocycles. The van der Waals surface area contributed by atoms with Crippen LogP contribution in [0.2, 0.25) is 5.02 Å². The van der Waals surface area contributed by atoms with E-state index in [-0.39, 0.29) is 12.5 Å². The summed E-state index contributed by atoms with van der Waals surface area (Å²) >= 11 is 6.11. The second kappa shape index (κ2) is 12.4. The van der Waals surface area contributed by atoms with Crippen molar-refractivity contribution in [1.82, 2.24) is 5.43 Å². The number of nitrogens with zero attached hydrogens (tertiary/aromatic N) is 2. The molecule has 3 rings (SSSR count). The third kappa shape index (κ3) is 8.33. The van der Waals surface area contributed by atoms with Gasteiger partial charge in [-0.2, -0.15) is 5.10 Å². The first-order valence-electron chi connectivity index (χ1n) is 11.2. The van der Waals surface area contributed by atoms with Gasteiger partial charge >= 0.3 is 0 Å². The Morgan fingerprint density at radius 1 is 1.00 bits per heavy atom. The van der Waals surface area contributed by atoms with Gasteiger partial charge in [0.25, 0.3) is 11.8 Å². The van der Waals surface area contributed by atoms with E-state index in [1.54, 1.807) is 49.4 Å². The van der Waals surface area contributed by atoms with Crippen LogP contribution in [0.4, 0.5) is 11.4 Å². The van der Waals surface area contributed by atoms with Gasteiger partial charge in [0.2, 0.25) is 10.0 Å². The zero-order chi connectivity index (χ0) is 27.0. The number of ether oxygens (including phenoxy) is 1. The lowest BCUT2D eigenvalue weighted by molar-refractivity contribution is -0.119. The van der Waals surface area contributed by atoms with Crippen molar-refractivity contribution in [3.63, 3.8) is 0 Å². The van der Waals surface area contributed by atoms with E-state index in [2.05, 4.69) is 15.8 Å². The van der Waals surface area contributed by atoms with Gasteiger partial charge in [0, 0.05) is 10.7 Å². The van der Waals surface area contributed by atoms with Crippen molar-refractivity contribution in [2.75, 3.05) is 29.0 Å². The lowest BCUT2D eigenvalue weighted by Gasteiger charge is -2.23. The summed E-state index contributed by atoms with van der Waals surface area (Å²) < 4.78 is 31.0. The molecule has 0 aliphatic rings. The summed E-state index contributed by atoms with van der Waals surface area (Å²) in [5.41, 5.74) is 5.63. The van der Waals surface area contributed by atoms with Crippen LogP contribution in [0.5, 0.6) is 5.75 Å². The van der Waals surface area contributed by atoms with Crippen LogP contribution in [0.3, 0.4) is 0 Å². The van der Waals surface area contributed by atoms with Gasteiger partial charge in [0.15, 0.2) is 6.61 Å². The third-order valence-corrected chi connectivity index (χ3v) is 6.72. The summed E-state index contributed by atoms with van der Waals surface area (Å²) in [6, 6.07) is 19.0. The minimum absolute atomic E-state index is 0.152. The Labute approximate surface area is 221 Å². The molecule has 3 aromatic rings. The van der Waals surface area contributed by atoms with Crippen LogP contribution in [0.1, 0.15) is 16.7 Å². The number of hydrazone groups is 1. The van der Waals surface area contributed by atoms with Crippen LogP contribution in [-0.2, 0) is 19.6 Å². The smallest absolute Gasteiger partial charge is 0.262 e. The maximum Gasteiger partial charge on any atom is 0.262 e. The molecule has 11 heteroatoms. The number of hydrogen-bond donors (Lipinski definition) is 2. The van der Waals surface area contributed by atoms with Crippen molar-refractivity contribution in [2.45, 2.75) is 13.8 Å². The molecule has 2 N–H and O–H groups in total. The molecule has 37 heavy (non-hydrogen) atoms. The molecule has 0 aromatic heterocycles. The molecule has 0 bridgehead atoms. The number of carbonyl (C=O) groups is 2. The maximum atomic E-state index is 12.4. The van der Waals surface area contributed by atoms with E-state index < -0.39 is 22.5 Å². The predicted molar refractivity (Wildman–Crippen MR) is 146 cm³/mol. The van der Waals surface area contributed by atoms with Crippen molar-refractivity contribution in [2.24, 2.45) is 5.10 Å². The van der Waals surface area contributed by atoms with Crippen LogP contribution >= 0.6 is 11.6 Å². The van der Waals surface area contributed by atoms with Crippen LogP contribution in [0.25, 0.3) is 0 Å². The van der Waals surface area contributed by atoms with E-state index in [0.29, 0.717) is 33.3 Å². The van der Waals surface area contributed by atoms with E-state index >= 15 is 0 Å². The van der Waals surface area contributed by atoms with Crippen LogP contribution < -0.4 is 19.8 Å².